The smallest absolute Gasteiger partial charge is 0.320 e. The molecule has 0 fully saturated rings. The van der Waals surface area contributed by atoms with Gasteiger partial charge in [0.05, 0.1) is 15.7 Å². The number of nitrogens with one attached hydrogen (secondary N) is 1. The Morgan fingerprint density at radius 3 is 2.46 bits per heavy atom. The largest absolute Gasteiger partial charge is 0.418 e. The lowest BCUT2D eigenvalue weighted by Gasteiger charge is -2.13. The molecular formula is C19H13BrF3N3OS. The second-order valence-electron chi connectivity index (χ2n) is 5.62. The third-order valence-electron chi connectivity index (χ3n) is 3.63. The van der Waals surface area contributed by atoms with E-state index in [1.807, 2.05) is 30.3 Å². The summed E-state index contributed by atoms with van der Waals surface area (Å²) in [5.74, 6) is -0.159. The number of aromatic nitrogens is 2. The van der Waals surface area contributed by atoms with Crippen molar-refractivity contribution in [1.82, 2.24) is 9.97 Å². The van der Waals surface area contributed by atoms with Gasteiger partial charge in [0, 0.05) is 11.9 Å². The van der Waals surface area contributed by atoms with Crippen molar-refractivity contribution in [2.75, 3.05) is 5.32 Å². The first-order valence-corrected chi connectivity index (χ1v) is 9.79. The topological polar surface area (TPSA) is 54.9 Å². The molecule has 0 aliphatic rings. The first-order valence-electron chi connectivity index (χ1n) is 8.01. The van der Waals surface area contributed by atoms with Crippen LogP contribution in [-0.2, 0) is 11.9 Å². The van der Waals surface area contributed by atoms with Crippen molar-refractivity contribution in [3.05, 3.63) is 82.1 Å². The van der Waals surface area contributed by atoms with E-state index in [0.717, 1.165) is 11.6 Å². The molecule has 3 rings (SSSR count). The van der Waals surface area contributed by atoms with Crippen LogP contribution in [0.2, 0.25) is 0 Å². The summed E-state index contributed by atoms with van der Waals surface area (Å²) in [7, 11) is 0. The highest BCUT2D eigenvalue weighted by molar-refractivity contribution is 9.10. The Labute approximate surface area is 171 Å². The molecule has 0 atom stereocenters. The van der Waals surface area contributed by atoms with Crippen LogP contribution < -0.4 is 5.32 Å². The molecule has 1 aromatic heterocycles. The fraction of sp³-hybridized carbons (Fsp3) is 0.105. The van der Waals surface area contributed by atoms with E-state index in [9.17, 15) is 18.0 Å². The van der Waals surface area contributed by atoms with Gasteiger partial charge in [-0.05, 0) is 33.6 Å². The van der Waals surface area contributed by atoms with Crippen LogP contribution in [0.1, 0.15) is 21.6 Å². The van der Waals surface area contributed by atoms with E-state index in [0.29, 0.717) is 15.4 Å². The molecule has 144 valence electrons. The molecule has 28 heavy (non-hydrogen) atoms. The SMILES string of the molecule is O=C(Nc1ccccc1C(F)(F)F)c1nc(SCc2ccccc2)ncc1Br. The number of thioether (sulfide) groups is 1. The number of hydrogen-bond acceptors (Lipinski definition) is 4. The minimum absolute atomic E-state index is 0.0393. The van der Waals surface area contributed by atoms with Crippen molar-refractivity contribution in [2.24, 2.45) is 0 Å². The van der Waals surface area contributed by atoms with Gasteiger partial charge in [0.15, 0.2) is 5.16 Å². The summed E-state index contributed by atoms with van der Waals surface area (Å²) in [5, 5.41) is 2.64. The zero-order valence-corrected chi connectivity index (χ0v) is 16.6. The van der Waals surface area contributed by atoms with Gasteiger partial charge >= 0.3 is 6.18 Å². The van der Waals surface area contributed by atoms with E-state index in [1.165, 1.54) is 36.2 Å². The molecule has 0 bridgehead atoms. The van der Waals surface area contributed by atoms with Crippen LogP contribution in [0.25, 0.3) is 0 Å². The Kier molecular flexibility index (Phi) is 6.35. The average molecular weight is 468 g/mol. The first kappa shape index (κ1) is 20.3. The summed E-state index contributed by atoms with van der Waals surface area (Å²) < 4.78 is 39.6. The second kappa shape index (κ2) is 8.74. The average Bonchev–Trinajstić information content (AvgIpc) is 2.67. The van der Waals surface area contributed by atoms with Crippen LogP contribution in [0.3, 0.4) is 0 Å². The fourth-order valence-electron chi connectivity index (χ4n) is 2.32. The van der Waals surface area contributed by atoms with Crippen molar-refractivity contribution in [2.45, 2.75) is 17.1 Å². The molecule has 3 aromatic rings. The van der Waals surface area contributed by atoms with Gasteiger partial charge in [-0.15, -0.1) is 0 Å². The second-order valence-corrected chi connectivity index (χ2v) is 7.42. The summed E-state index contributed by atoms with van der Waals surface area (Å²) >= 11 is 4.51. The van der Waals surface area contributed by atoms with E-state index in [4.69, 9.17) is 0 Å². The molecule has 1 heterocycles. The van der Waals surface area contributed by atoms with E-state index >= 15 is 0 Å². The first-order chi connectivity index (χ1) is 13.3. The maximum atomic E-state index is 13.1. The minimum atomic E-state index is -4.58. The highest BCUT2D eigenvalue weighted by Gasteiger charge is 2.33. The number of amides is 1. The number of alkyl halides is 3. The number of para-hydroxylation sites is 1. The molecule has 0 radical (unpaired) electrons. The van der Waals surface area contributed by atoms with E-state index in [-0.39, 0.29) is 11.4 Å². The molecule has 0 unspecified atom stereocenters. The summed E-state index contributed by atoms with van der Waals surface area (Å²) in [6, 6.07) is 14.4. The van der Waals surface area contributed by atoms with Crippen LogP contribution >= 0.6 is 27.7 Å². The Hall–Kier alpha value is -2.39. The molecule has 0 aliphatic heterocycles. The molecule has 0 aliphatic carbocycles. The van der Waals surface area contributed by atoms with Crippen molar-refractivity contribution in [3.8, 4) is 0 Å². The number of anilines is 1. The van der Waals surface area contributed by atoms with Gasteiger partial charge in [0.1, 0.15) is 5.69 Å². The Morgan fingerprint density at radius 1 is 1.07 bits per heavy atom. The van der Waals surface area contributed by atoms with Crippen molar-refractivity contribution < 1.29 is 18.0 Å². The number of carbonyl (C=O) groups excluding carboxylic acids is 1. The van der Waals surface area contributed by atoms with Crippen molar-refractivity contribution in [1.29, 1.82) is 0 Å². The minimum Gasteiger partial charge on any atom is -0.320 e. The molecule has 0 spiro atoms. The van der Waals surface area contributed by atoms with Crippen LogP contribution in [0.15, 0.2) is 70.4 Å². The monoisotopic (exact) mass is 467 g/mol. The number of halogens is 4. The maximum Gasteiger partial charge on any atom is 0.418 e. The fourth-order valence-corrected chi connectivity index (χ4v) is 3.47. The molecular weight excluding hydrogens is 455 g/mol. The number of carbonyl (C=O) groups is 1. The lowest BCUT2D eigenvalue weighted by atomic mass is 10.1. The van der Waals surface area contributed by atoms with E-state index in [1.54, 1.807) is 0 Å². The standard InChI is InChI=1S/C19H13BrF3N3OS/c20-14-10-24-18(28-11-12-6-2-1-3-7-12)26-16(14)17(27)25-15-9-5-4-8-13(15)19(21,22)23/h1-10H,11H2,(H,25,27). The van der Waals surface area contributed by atoms with Gasteiger partial charge in [-0.1, -0.05) is 54.2 Å². The van der Waals surface area contributed by atoms with Gasteiger partial charge in [-0.2, -0.15) is 13.2 Å². The maximum absolute atomic E-state index is 13.1. The molecule has 1 N–H and O–H groups in total. The molecule has 4 nitrogen and oxygen atoms in total. The number of hydrogen-bond donors (Lipinski definition) is 1. The van der Waals surface area contributed by atoms with Crippen LogP contribution in [0, 0.1) is 0 Å². The zero-order chi connectivity index (χ0) is 20.1. The number of nitrogens with zero attached hydrogens (tertiary/aromatic N) is 2. The molecule has 0 saturated heterocycles. The summed E-state index contributed by atoms with van der Waals surface area (Å²) in [4.78, 5) is 20.9. The molecule has 1 amide bonds. The van der Waals surface area contributed by atoms with Gasteiger partial charge in [-0.25, -0.2) is 9.97 Å². The lowest BCUT2D eigenvalue weighted by Crippen LogP contribution is -2.18. The Bertz CT molecular complexity index is 984. The highest BCUT2D eigenvalue weighted by Crippen LogP contribution is 2.35. The Balaban J connectivity index is 1.79. The number of benzene rings is 2. The van der Waals surface area contributed by atoms with Crippen LogP contribution in [0.5, 0.6) is 0 Å². The van der Waals surface area contributed by atoms with Gasteiger partial charge in [0.2, 0.25) is 0 Å². The zero-order valence-electron chi connectivity index (χ0n) is 14.2. The molecule has 9 heteroatoms. The van der Waals surface area contributed by atoms with Gasteiger partial charge in [-0.3, -0.25) is 4.79 Å². The molecule has 0 saturated carbocycles. The summed E-state index contributed by atoms with van der Waals surface area (Å²) in [5.41, 5.74) is -0.233. The third kappa shape index (κ3) is 5.11. The number of rotatable bonds is 5. The predicted octanol–water partition coefficient (Wildman–Crippen LogP) is 5.80. The quantitative estimate of drug-likeness (QED) is 0.380. The molecule has 2 aromatic carbocycles. The summed E-state index contributed by atoms with van der Waals surface area (Å²) in [6.45, 7) is 0. The van der Waals surface area contributed by atoms with Crippen molar-refractivity contribution >= 4 is 39.3 Å². The van der Waals surface area contributed by atoms with E-state index < -0.39 is 17.6 Å². The van der Waals surface area contributed by atoms with Gasteiger partial charge in [0.25, 0.3) is 5.91 Å². The van der Waals surface area contributed by atoms with Crippen LogP contribution in [-0.4, -0.2) is 15.9 Å². The normalized spacial score (nSPS) is 11.3. The highest BCUT2D eigenvalue weighted by atomic mass is 79.9. The van der Waals surface area contributed by atoms with Crippen LogP contribution in [0.4, 0.5) is 18.9 Å². The predicted molar refractivity (Wildman–Crippen MR) is 105 cm³/mol. The van der Waals surface area contributed by atoms with Crippen molar-refractivity contribution in [3.63, 3.8) is 0 Å². The summed E-state index contributed by atoms with van der Waals surface area (Å²) in [6.07, 6.45) is -3.17. The third-order valence-corrected chi connectivity index (χ3v) is 5.14. The lowest BCUT2D eigenvalue weighted by molar-refractivity contribution is -0.136. The Morgan fingerprint density at radius 2 is 1.75 bits per heavy atom. The van der Waals surface area contributed by atoms with E-state index in [2.05, 4.69) is 31.2 Å². The van der Waals surface area contributed by atoms with Gasteiger partial charge < -0.3 is 5.32 Å².